The molecule has 6 heteroatoms. The van der Waals surface area contributed by atoms with Crippen LogP contribution in [0.4, 0.5) is 0 Å². The highest BCUT2D eigenvalue weighted by atomic mass is 32.2. The van der Waals surface area contributed by atoms with Crippen LogP contribution in [0.1, 0.15) is 43.8 Å². The van der Waals surface area contributed by atoms with Crippen molar-refractivity contribution in [3.05, 3.63) is 17.1 Å². The van der Waals surface area contributed by atoms with Crippen molar-refractivity contribution >= 4 is 10.0 Å². The van der Waals surface area contributed by atoms with Crippen molar-refractivity contribution in [2.45, 2.75) is 58.1 Å². The summed E-state index contributed by atoms with van der Waals surface area (Å²) in [6, 6.07) is -0.101. The molecule has 0 amide bonds. The van der Waals surface area contributed by atoms with Crippen LogP contribution in [0.15, 0.2) is 9.31 Å². The minimum atomic E-state index is -3.64. The van der Waals surface area contributed by atoms with Crippen molar-refractivity contribution < 1.29 is 17.9 Å². The molecule has 0 aliphatic heterocycles. The fourth-order valence-electron chi connectivity index (χ4n) is 1.98. The second-order valence-electron chi connectivity index (χ2n) is 4.31. The van der Waals surface area contributed by atoms with Crippen molar-refractivity contribution in [3.63, 3.8) is 0 Å². The van der Waals surface area contributed by atoms with Crippen molar-refractivity contribution in [3.8, 4) is 0 Å². The van der Waals surface area contributed by atoms with Gasteiger partial charge < -0.3 is 9.52 Å². The number of aryl methyl sites for hydroxylation is 2. The van der Waals surface area contributed by atoms with Crippen LogP contribution < -0.4 is 4.72 Å². The maximum Gasteiger partial charge on any atom is 0.244 e. The van der Waals surface area contributed by atoms with E-state index in [1.165, 1.54) is 0 Å². The summed E-state index contributed by atoms with van der Waals surface area (Å²) in [5, 5.41) is 9.27. The molecule has 0 bridgehead atoms. The van der Waals surface area contributed by atoms with Crippen LogP contribution in [0.25, 0.3) is 0 Å². The van der Waals surface area contributed by atoms with Gasteiger partial charge in [0.15, 0.2) is 0 Å². The first-order valence-corrected chi connectivity index (χ1v) is 7.57. The Hall–Kier alpha value is -0.850. The Balaban J connectivity index is 3.20. The average molecular weight is 275 g/mol. The number of rotatable bonds is 6. The molecular formula is C12H21NO4S. The third-order valence-electron chi connectivity index (χ3n) is 3.06. The van der Waals surface area contributed by atoms with E-state index in [0.29, 0.717) is 17.1 Å². The van der Waals surface area contributed by atoms with Crippen LogP contribution in [-0.2, 0) is 16.6 Å². The van der Waals surface area contributed by atoms with Crippen LogP contribution in [0.5, 0.6) is 0 Å². The number of aliphatic hydroxyl groups excluding tert-OH is 1. The summed E-state index contributed by atoms with van der Waals surface area (Å²) in [6.45, 7) is 6.75. The summed E-state index contributed by atoms with van der Waals surface area (Å²) in [4.78, 5) is 0.0781. The van der Waals surface area contributed by atoms with Gasteiger partial charge in [-0.15, -0.1) is 0 Å². The summed E-state index contributed by atoms with van der Waals surface area (Å²) >= 11 is 0. The molecule has 5 nitrogen and oxygen atoms in total. The lowest BCUT2D eigenvalue weighted by molar-refractivity contribution is 0.276. The van der Waals surface area contributed by atoms with E-state index in [1.54, 1.807) is 13.8 Å². The van der Waals surface area contributed by atoms with Crippen LogP contribution in [-0.4, -0.2) is 19.6 Å². The zero-order valence-corrected chi connectivity index (χ0v) is 12.1. The lowest BCUT2D eigenvalue weighted by Crippen LogP contribution is -2.34. The maximum absolute atomic E-state index is 12.3. The van der Waals surface area contributed by atoms with E-state index in [1.807, 2.05) is 13.8 Å². The van der Waals surface area contributed by atoms with Gasteiger partial charge >= 0.3 is 0 Å². The third-order valence-corrected chi connectivity index (χ3v) is 4.77. The predicted molar refractivity (Wildman–Crippen MR) is 68.8 cm³/mol. The number of hydrogen-bond donors (Lipinski definition) is 2. The first-order valence-electron chi connectivity index (χ1n) is 6.09. The molecule has 1 aromatic heterocycles. The van der Waals surface area contributed by atoms with E-state index < -0.39 is 10.0 Å². The number of hydrogen-bond acceptors (Lipinski definition) is 4. The quantitative estimate of drug-likeness (QED) is 0.830. The Morgan fingerprint density at radius 2 is 1.78 bits per heavy atom. The lowest BCUT2D eigenvalue weighted by atomic mass is 10.2. The zero-order valence-electron chi connectivity index (χ0n) is 11.3. The lowest BCUT2D eigenvalue weighted by Gasteiger charge is -2.15. The van der Waals surface area contributed by atoms with Gasteiger partial charge in [0.1, 0.15) is 16.4 Å². The van der Waals surface area contributed by atoms with Gasteiger partial charge in [0, 0.05) is 11.6 Å². The highest BCUT2D eigenvalue weighted by Crippen LogP contribution is 2.26. The highest BCUT2D eigenvalue weighted by molar-refractivity contribution is 7.89. The number of aliphatic hydroxyl groups is 1. The van der Waals surface area contributed by atoms with Gasteiger partial charge in [0.25, 0.3) is 0 Å². The topological polar surface area (TPSA) is 79.5 Å². The van der Waals surface area contributed by atoms with Gasteiger partial charge in [-0.1, -0.05) is 13.8 Å². The van der Waals surface area contributed by atoms with E-state index in [4.69, 9.17) is 4.42 Å². The molecule has 2 N–H and O–H groups in total. The van der Waals surface area contributed by atoms with Crippen LogP contribution in [0, 0.1) is 13.8 Å². The Morgan fingerprint density at radius 3 is 2.22 bits per heavy atom. The zero-order chi connectivity index (χ0) is 13.9. The monoisotopic (exact) mass is 275 g/mol. The first kappa shape index (κ1) is 15.2. The summed E-state index contributed by atoms with van der Waals surface area (Å²) in [7, 11) is -3.64. The molecule has 0 aliphatic carbocycles. The minimum absolute atomic E-state index is 0.0781. The van der Waals surface area contributed by atoms with Crippen LogP contribution >= 0.6 is 0 Å². The van der Waals surface area contributed by atoms with E-state index in [-0.39, 0.29) is 17.5 Å². The average Bonchev–Trinajstić information content (AvgIpc) is 2.61. The van der Waals surface area contributed by atoms with Gasteiger partial charge in [-0.2, -0.15) is 0 Å². The molecule has 0 saturated heterocycles. The van der Waals surface area contributed by atoms with Crippen molar-refractivity contribution in [1.82, 2.24) is 4.72 Å². The third kappa shape index (κ3) is 2.93. The second-order valence-corrected chi connectivity index (χ2v) is 5.97. The summed E-state index contributed by atoms with van der Waals surface area (Å²) in [5.41, 5.74) is 0.339. The minimum Gasteiger partial charge on any atom is -0.465 e. The normalized spacial score (nSPS) is 12.3. The van der Waals surface area contributed by atoms with Gasteiger partial charge in [0.2, 0.25) is 10.0 Å². The smallest absolute Gasteiger partial charge is 0.244 e. The van der Waals surface area contributed by atoms with Gasteiger partial charge in [-0.05, 0) is 26.7 Å². The maximum atomic E-state index is 12.3. The molecule has 0 spiro atoms. The SMILES string of the molecule is CCC(CC)NS(=O)(=O)c1c(C)oc(C)c1CO. The Kier molecular flexibility index (Phi) is 4.95. The van der Waals surface area contributed by atoms with E-state index >= 15 is 0 Å². The molecule has 1 heterocycles. The van der Waals surface area contributed by atoms with E-state index in [2.05, 4.69) is 4.72 Å². The molecule has 18 heavy (non-hydrogen) atoms. The fraction of sp³-hybridized carbons (Fsp3) is 0.667. The van der Waals surface area contributed by atoms with Crippen LogP contribution in [0.3, 0.4) is 0 Å². The van der Waals surface area contributed by atoms with Gasteiger partial charge in [-0.25, -0.2) is 13.1 Å². The Labute approximate surface area is 108 Å². The second kappa shape index (κ2) is 5.86. The molecular weight excluding hydrogens is 254 g/mol. The van der Waals surface area contributed by atoms with E-state index in [9.17, 15) is 13.5 Å². The van der Waals surface area contributed by atoms with Crippen molar-refractivity contribution in [1.29, 1.82) is 0 Å². The molecule has 0 radical (unpaired) electrons. The molecule has 1 rings (SSSR count). The summed E-state index contributed by atoms with van der Waals surface area (Å²) in [5.74, 6) is 0.759. The molecule has 0 atom stereocenters. The van der Waals surface area contributed by atoms with Crippen molar-refractivity contribution in [2.75, 3.05) is 0 Å². The highest BCUT2D eigenvalue weighted by Gasteiger charge is 2.27. The number of furan rings is 1. The molecule has 0 aromatic carbocycles. The molecule has 0 saturated carbocycles. The molecule has 0 aliphatic rings. The van der Waals surface area contributed by atoms with Gasteiger partial charge in [0.05, 0.1) is 6.61 Å². The standard InChI is InChI=1S/C12H21NO4S/c1-5-10(6-2)13-18(15,16)12-9(4)17-8(3)11(12)7-14/h10,13-14H,5-7H2,1-4H3. The predicted octanol–water partition coefficient (Wildman–Crippen LogP) is 1.86. The van der Waals surface area contributed by atoms with Crippen LogP contribution in [0.2, 0.25) is 0 Å². The largest absolute Gasteiger partial charge is 0.465 e. The van der Waals surface area contributed by atoms with E-state index in [0.717, 1.165) is 12.8 Å². The number of sulfonamides is 1. The van der Waals surface area contributed by atoms with Crippen molar-refractivity contribution in [2.24, 2.45) is 0 Å². The summed E-state index contributed by atoms with van der Waals surface area (Å²) in [6.07, 6.45) is 1.44. The molecule has 1 aromatic rings. The Morgan fingerprint density at radius 1 is 1.22 bits per heavy atom. The summed E-state index contributed by atoms with van der Waals surface area (Å²) < 4.78 is 32.5. The molecule has 0 unspecified atom stereocenters. The van der Waals surface area contributed by atoms with Gasteiger partial charge in [-0.3, -0.25) is 0 Å². The fourth-order valence-corrected chi connectivity index (χ4v) is 3.82. The number of nitrogens with one attached hydrogen (secondary N) is 1. The first-order chi connectivity index (χ1) is 8.37. The Bertz CT molecular complexity index is 500. The molecule has 104 valence electrons. The molecule has 0 fully saturated rings.